The maximum atomic E-state index is 13.1. The molecule has 3 aromatic heterocycles. The fourth-order valence-corrected chi connectivity index (χ4v) is 4.75. The molecule has 4 heterocycles. The number of fused-ring (bicyclic) bond motifs is 1. The Morgan fingerprint density at radius 1 is 0.946 bits per heavy atom. The number of oxazole rings is 1. The van der Waals surface area contributed by atoms with Gasteiger partial charge in [0.1, 0.15) is 11.9 Å². The molecule has 0 atom stereocenters. The summed E-state index contributed by atoms with van der Waals surface area (Å²) in [7, 11) is 0. The van der Waals surface area contributed by atoms with E-state index < -0.39 is 0 Å². The molecule has 0 spiro atoms. The molecule has 9 heteroatoms. The number of piperazine rings is 1. The quantitative estimate of drug-likeness (QED) is 0.345. The molecular weight excluding hydrogens is 468 g/mol. The van der Waals surface area contributed by atoms with Crippen molar-refractivity contribution < 1.29 is 13.6 Å². The number of furan rings is 1. The summed E-state index contributed by atoms with van der Waals surface area (Å²) in [5.74, 6) is 2.11. The number of imidazole rings is 1. The first-order valence-corrected chi connectivity index (χ1v) is 12.2. The van der Waals surface area contributed by atoms with E-state index in [0.29, 0.717) is 50.7 Å². The lowest BCUT2D eigenvalue weighted by atomic mass is 10.2. The molecule has 184 valence electrons. The van der Waals surface area contributed by atoms with Gasteiger partial charge in [-0.3, -0.25) is 9.36 Å². The van der Waals surface area contributed by atoms with Gasteiger partial charge in [-0.05, 0) is 36.4 Å². The number of aryl methyl sites for hydroxylation is 1. The maximum absolute atomic E-state index is 13.1. The Bertz CT molecular complexity index is 1570. The average Bonchev–Trinajstić information content (AvgIpc) is 3.70. The average molecular weight is 493 g/mol. The number of amides is 1. The van der Waals surface area contributed by atoms with Crippen LogP contribution < -0.4 is 4.90 Å². The number of nitriles is 1. The second kappa shape index (κ2) is 9.66. The molecular formula is C28H24N6O3. The molecule has 0 unspecified atom stereocenters. The Hall–Kier alpha value is -4.84. The van der Waals surface area contributed by atoms with E-state index in [4.69, 9.17) is 13.8 Å². The van der Waals surface area contributed by atoms with E-state index in [0.717, 1.165) is 22.5 Å². The van der Waals surface area contributed by atoms with Gasteiger partial charge in [-0.15, -0.1) is 0 Å². The third-order valence-corrected chi connectivity index (χ3v) is 6.57. The second-order valence-electron chi connectivity index (χ2n) is 8.82. The van der Waals surface area contributed by atoms with E-state index in [-0.39, 0.29) is 17.5 Å². The number of carbonyl (C=O) groups is 1. The summed E-state index contributed by atoms with van der Waals surface area (Å²) < 4.78 is 13.3. The molecule has 1 fully saturated rings. The standard InChI is InChI=1S/C28H24N6O3/c29-19-22-28(37-27(31-22)24-11-6-18-36-24)33-16-14-32(15-17-33)26(35)13-12-25-30-21-9-4-5-10-23(21)34(25)20-7-2-1-3-8-20/h1-11,18H,12-17H2. The highest BCUT2D eigenvalue weighted by Crippen LogP contribution is 2.29. The zero-order chi connectivity index (χ0) is 25.2. The van der Waals surface area contributed by atoms with Gasteiger partial charge in [0.2, 0.25) is 17.5 Å². The highest BCUT2D eigenvalue weighted by molar-refractivity contribution is 5.79. The van der Waals surface area contributed by atoms with E-state index in [1.54, 1.807) is 12.1 Å². The zero-order valence-electron chi connectivity index (χ0n) is 20.1. The Kier molecular flexibility index (Phi) is 5.91. The summed E-state index contributed by atoms with van der Waals surface area (Å²) in [6.45, 7) is 2.18. The van der Waals surface area contributed by atoms with Crippen molar-refractivity contribution in [2.75, 3.05) is 31.1 Å². The van der Waals surface area contributed by atoms with Crippen LogP contribution in [0.4, 0.5) is 5.88 Å². The smallest absolute Gasteiger partial charge is 0.266 e. The van der Waals surface area contributed by atoms with Gasteiger partial charge in [0.05, 0.1) is 17.3 Å². The largest absolute Gasteiger partial charge is 0.459 e. The van der Waals surface area contributed by atoms with Crippen LogP contribution in [-0.2, 0) is 11.2 Å². The van der Waals surface area contributed by atoms with Crippen LogP contribution in [0.1, 0.15) is 17.9 Å². The van der Waals surface area contributed by atoms with Gasteiger partial charge in [0.25, 0.3) is 5.89 Å². The first kappa shape index (κ1) is 22.6. The highest BCUT2D eigenvalue weighted by atomic mass is 16.4. The minimum atomic E-state index is 0.0840. The fraction of sp³-hybridized carbons (Fsp3) is 0.214. The molecule has 1 aliphatic rings. The number of anilines is 1. The van der Waals surface area contributed by atoms with Crippen LogP contribution in [-0.4, -0.2) is 51.5 Å². The van der Waals surface area contributed by atoms with Crippen molar-refractivity contribution in [1.29, 1.82) is 5.26 Å². The molecule has 1 amide bonds. The van der Waals surface area contributed by atoms with E-state index in [1.165, 1.54) is 6.26 Å². The van der Waals surface area contributed by atoms with E-state index in [2.05, 4.69) is 33.8 Å². The van der Waals surface area contributed by atoms with Gasteiger partial charge in [-0.25, -0.2) is 4.98 Å². The first-order valence-electron chi connectivity index (χ1n) is 12.2. The van der Waals surface area contributed by atoms with E-state index in [1.807, 2.05) is 46.2 Å². The van der Waals surface area contributed by atoms with Crippen molar-refractivity contribution in [2.45, 2.75) is 12.8 Å². The predicted molar refractivity (Wildman–Crippen MR) is 137 cm³/mol. The minimum absolute atomic E-state index is 0.0840. The molecule has 0 bridgehead atoms. The SMILES string of the molecule is N#Cc1nc(-c2ccco2)oc1N1CCN(C(=O)CCc2nc3ccccc3n2-c2ccccc2)CC1. The highest BCUT2D eigenvalue weighted by Gasteiger charge is 2.27. The molecule has 5 aromatic rings. The third-order valence-electron chi connectivity index (χ3n) is 6.57. The van der Waals surface area contributed by atoms with Crippen LogP contribution in [0.15, 0.2) is 81.8 Å². The zero-order valence-corrected chi connectivity index (χ0v) is 20.1. The molecule has 0 N–H and O–H groups in total. The van der Waals surface area contributed by atoms with Crippen LogP contribution in [0, 0.1) is 11.3 Å². The predicted octanol–water partition coefficient (Wildman–Crippen LogP) is 4.43. The number of nitrogens with zero attached hydrogens (tertiary/aromatic N) is 6. The van der Waals surface area contributed by atoms with Crippen molar-refractivity contribution in [2.24, 2.45) is 0 Å². The minimum Gasteiger partial charge on any atom is -0.459 e. The summed E-state index contributed by atoms with van der Waals surface area (Å²) in [6.07, 6.45) is 2.44. The number of benzene rings is 2. The number of hydrogen-bond acceptors (Lipinski definition) is 7. The summed E-state index contributed by atoms with van der Waals surface area (Å²) in [5, 5.41) is 9.53. The summed E-state index contributed by atoms with van der Waals surface area (Å²) in [4.78, 5) is 26.0. The lowest BCUT2D eigenvalue weighted by Crippen LogP contribution is -2.49. The van der Waals surface area contributed by atoms with Gasteiger partial charge in [-0.1, -0.05) is 30.3 Å². The van der Waals surface area contributed by atoms with Crippen molar-refractivity contribution in [3.05, 3.63) is 84.5 Å². The monoisotopic (exact) mass is 492 g/mol. The Morgan fingerprint density at radius 3 is 2.49 bits per heavy atom. The number of carbonyl (C=O) groups excluding carboxylic acids is 1. The van der Waals surface area contributed by atoms with Crippen molar-refractivity contribution >= 4 is 22.8 Å². The summed E-state index contributed by atoms with van der Waals surface area (Å²) in [5.41, 5.74) is 3.18. The maximum Gasteiger partial charge on any atom is 0.266 e. The number of hydrogen-bond donors (Lipinski definition) is 0. The van der Waals surface area contributed by atoms with Gasteiger partial charge in [0.15, 0.2) is 5.76 Å². The Balaban J connectivity index is 1.13. The lowest BCUT2D eigenvalue weighted by Gasteiger charge is -2.34. The second-order valence-corrected chi connectivity index (χ2v) is 8.82. The molecule has 37 heavy (non-hydrogen) atoms. The Morgan fingerprint density at radius 2 is 1.73 bits per heavy atom. The van der Waals surface area contributed by atoms with Crippen LogP contribution in [0.5, 0.6) is 0 Å². The molecule has 0 saturated carbocycles. The Labute approximate surface area is 213 Å². The first-order chi connectivity index (χ1) is 18.2. The summed E-state index contributed by atoms with van der Waals surface area (Å²) in [6, 6.07) is 23.7. The van der Waals surface area contributed by atoms with Crippen LogP contribution >= 0.6 is 0 Å². The van der Waals surface area contributed by atoms with Gasteiger partial charge >= 0.3 is 0 Å². The molecule has 0 radical (unpaired) electrons. The third kappa shape index (κ3) is 4.34. The molecule has 0 aliphatic carbocycles. The normalized spacial score (nSPS) is 13.7. The summed E-state index contributed by atoms with van der Waals surface area (Å²) >= 11 is 0. The fourth-order valence-electron chi connectivity index (χ4n) is 4.75. The topological polar surface area (TPSA) is 104 Å². The van der Waals surface area contributed by atoms with E-state index in [9.17, 15) is 10.1 Å². The van der Waals surface area contributed by atoms with Gasteiger partial charge in [0, 0.05) is 44.7 Å². The van der Waals surface area contributed by atoms with Crippen molar-refractivity contribution in [3.63, 3.8) is 0 Å². The van der Waals surface area contributed by atoms with E-state index >= 15 is 0 Å². The van der Waals surface area contributed by atoms with Crippen molar-refractivity contribution in [3.8, 4) is 23.4 Å². The molecule has 2 aromatic carbocycles. The number of aromatic nitrogens is 3. The van der Waals surface area contributed by atoms with Crippen molar-refractivity contribution in [1.82, 2.24) is 19.4 Å². The molecule has 6 rings (SSSR count). The number of rotatable bonds is 6. The van der Waals surface area contributed by atoms with Crippen LogP contribution in [0.2, 0.25) is 0 Å². The molecule has 1 saturated heterocycles. The molecule has 1 aliphatic heterocycles. The van der Waals surface area contributed by atoms with Gasteiger partial charge < -0.3 is 18.6 Å². The number of para-hydroxylation sites is 3. The van der Waals surface area contributed by atoms with Gasteiger partial charge in [-0.2, -0.15) is 10.2 Å². The molecule has 9 nitrogen and oxygen atoms in total. The van der Waals surface area contributed by atoms with Crippen LogP contribution in [0.3, 0.4) is 0 Å². The lowest BCUT2D eigenvalue weighted by molar-refractivity contribution is -0.131. The van der Waals surface area contributed by atoms with Crippen LogP contribution in [0.25, 0.3) is 28.4 Å².